The summed E-state index contributed by atoms with van der Waals surface area (Å²) in [5.74, 6) is 0.231. The second-order valence-electron chi connectivity index (χ2n) is 7.58. The van der Waals surface area contributed by atoms with Gasteiger partial charge < -0.3 is 36.5 Å². The highest BCUT2D eigenvalue weighted by Gasteiger charge is 2.10. The van der Waals surface area contributed by atoms with Crippen molar-refractivity contribution in [1.29, 1.82) is 0 Å². The van der Waals surface area contributed by atoms with Gasteiger partial charge in [-0.25, -0.2) is 0 Å². The van der Waals surface area contributed by atoms with E-state index >= 15 is 0 Å². The van der Waals surface area contributed by atoms with E-state index in [0.29, 0.717) is 43.3 Å². The van der Waals surface area contributed by atoms with Gasteiger partial charge in [-0.2, -0.15) is 0 Å². The summed E-state index contributed by atoms with van der Waals surface area (Å²) in [4.78, 5) is 11.4. The van der Waals surface area contributed by atoms with Gasteiger partial charge in [-0.05, 0) is 53.6 Å². The number of carbonyl (C=O) groups excluding carboxylic acids is 1. The molecule has 0 radical (unpaired) electrons. The first kappa shape index (κ1) is 23.9. The van der Waals surface area contributed by atoms with Gasteiger partial charge in [0.2, 0.25) is 0 Å². The van der Waals surface area contributed by atoms with Gasteiger partial charge in [0.15, 0.2) is 0 Å². The summed E-state index contributed by atoms with van der Waals surface area (Å²) in [6.07, 6.45) is -0.0139. The number of carbonyl (C=O) groups is 1. The zero-order valence-corrected chi connectivity index (χ0v) is 18.2. The molecular weight excluding hydrogens is 422 g/mol. The maximum Gasteiger partial charge on any atom is 0.252 e. The molecule has 1 amide bonds. The number of anilines is 1. The topological polar surface area (TPSA) is 140 Å². The Morgan fingerprint density at radius 2 is 1.67 bits per heavy atom. The number of ether oxygens (including phenoxy) is 2. The number of primary amides is 1. The van der Waals surface area contributed by atoms with Crippen molar-refractivity contribution in [2.24, 2.45) is 5.73 Å². The van der Waals surface area contributed by atoms with Crippen LogP contribution in [0.15, 0.2) is 66.7 Å². The van der Waals surface area contributed by atoms with Crippen LogP contribution in [0.1, 0.15) is 21.5 Å². The van der Waals surface area contributed by atoms with Gasteiger partial charge in [0.05, 0.1) is 12.2 Å². The number of rotatable bonds is 12. The van der Waals surface area contributed by atoms with Gasteiger partial charge >= 0.3 is 0 Å². The Bertz CT molecular complexity index is 1060. The average Bonchev–Trinajstić information content (AvgIpc) is 2.80. The summed E-state index contributed by atoms with van der Waals surface area (Å²) in [5, 5.41) is 23.1. The van der Waals surface area contributed by atoms with Gasteiger partial charge in [0, 0.05) is 25.2 Å². The number of benzene rings is 3. The number of nitrogens with one attached hydrogen (secondary N) is 1. The van der Waals surface area contributed by atoms with E-state index in [0.717, 1.165) is 11.1 Å². The lowest BCUT2D eigenvalue weighted by molar-refractivity contribution is 0.0997. The second kappa shape index (κ2) is 11.8. The molecule has 0 fully saturated rings. The minimum atomic E-state index is -0.713. The Labute approximate surface area is 192 Å². The van der Waals surface area contributed by atoms with E-state index in [4.69, 9.17) is 20.9 Å². The summed E-state index contributed by atoms with van der Waals surface area (Å²) >= 11 is 0. The molecule has 33 heavy (non-hydrogen) atoms. The van der Waals surface area contributed by atoms with Crippen LogP contribution in [-0.2, 0) is 13.0 Å². The highest BCUT2D eigenvalue weighted by atomic mass is 16.5. The number of nitrogen functional groups attached to an aromatic ring is 1. The Morgan fingerprint density at radius 1 is 0.970 bits per heavy atom. The van der Waals surface area contributed by atoms with E-state index in [-0.39, 0.29) is 17.9 Å². The fourth-order valence-electron chi connectivity index (χ4n) is 3.24. The van der Waals surface area contributed by atoms with Gasteiger partial charge in [0.25, 0.3) is 5.91 Å². The van der Waals surface area contributed by atoms with Gasteiger partial charge in [-0.15, -0.1) is 0 Å². The molecule has 8 nitrogen and oxygen atoms in total. The van der Waals surface area contributed by atoms with Crippen molar-refractivity contribution < 1.29 is 24.5 Å². The van der Waals surface area contributed by atoms with E-state index in [1.54, 1.807) is 30.3 Å². The molecule has 0 aliphatic carbocycles. The van der Waals surface area contributed by atoms with Crippen LogP contribution in [0.2, 0.25) is 0 Å². The van der Waals surface area contributed by atoms with Crippen molar-refractivity contribution in [3.63, 3.8) is 0 Å². The molecule has 0 spiro atoms. The molecule has 3 aromatic rings. The monoisotopic (exact) mass is 451 g/mol. The first-order chi connectivity index (χ1) is 15.9. The molecule has 3 rings (SSSR count). The molecule has 0 aromatic heterocycles. The maximum atomic E-state index is 11.4. The van der Waals surface area contributed by atoms with Crippen LogP contribution >= 0.6 is 0 Å². The van der Waals surface area contributed by atoms with Crippen LogP contribution in [-0.4, -0.2) is 42.0 Å². The number of phenols is 1. The van der Waals surface area contributed by atoms with E-state index in [2.05, 4.69) is 5.32 Å². The van der Waals surface area contributed by atoms with Crippen molar-refractivity contribution in [3.05, 3.63) is 83.4 Å². The van der Waals surface area contributed by atoms with Crippen LogP contribution < -0.4 is 26.3 Å². The number of aliphatic hydroxyl groups is 1. The SMILES string of the molecule is NC(=O)c1cc(OCCc2ccccc2CNCC(O)COc2ccc(N)cc2)ccc1O. The van der Waals surface area contributed by atoms with Crippen molar-refractivity contribution in [2.75, 3.05) is 25.5 Å². The minimum absolute atomic E-state index is 0.0241. The zero-order valence-electron chi connectivity index (χ0n) is 18.2. The second-order valence-corrected chi connectivity index (χ2v) is 7.58. The maximum absolute atomic E-state index is 11.4. The highest BCUT2D eigenvalue weighted by molar-refractivity contribution is 5.95. The van der Waals surface area contributed by atoms with Gasteiger partial charge in [0.1, 0.15) is 30.0 Å². The predicted octanol–water partition coefficient (Wildman–Crippen LogP) is 2.22. The van der Waals surface area contributed by atoms with Crippen molar-refractivity contribution >= 4 is 11.6 Å². The number of amides is 1. The third kappa shape index (κ3) is 7.41. The predicted molar refractivity (Wildman–Crippen MR) is 126 cm³/mol. The minimum Gasteiger partial charge on any atom is -0.507 e. The highest BCUT2D eigenvalue weighted by Crippen LogP contribution is 2.23. The Balaban J connectivity index is 1.44. The lowest BCUT2D eigenvalue weighted by Gasteiger charge is -2.15. The molecule has 0 aliphatic heterocycles. The van der Waals surface area contributed by atoms with Crippen molar-refractivity contribution in [2.45, 2.75) is 19.1 Å². The number of aromatic hydroxyl groups is 1. The molecule has 7 N–H and O–H groups in total. The Morgan fingerprint density at radius 3 is 2.39 bits per heavy atom. The average molecular weight is 452 g/mol. The molecule has 174 valence electrons. The first-order valence-electron chi connectivity index (χ1n) is 10.6. The molecule has 0 heterocycles. The lowest BCUT2D eigenvalue weighted by atomic mass is 10.0. The zero-order chi connectivity index (χ0) is 23.6. The molecule has 0 aliphatic rings. The van der Waals surface area contributed by atoms with Crippen LogP contribution in [0.5, 0.6) is 17.2 Å². The molecule has 1 atom stereocenters. The van der Waals surface area contributed by atoms with E-state index in [9.17, 15) is 15.0 Å². The Kier molecular flexibility index (Phi) is 8.51. The van der Waals surface area contributed by atoms with Crippen LogP contribution in [0.3, 0.4) is 0 Å². The first-order valence-corrected chi connectivity index (χ1v) is 10.6. The van der Waals surface area contributed by atoms with Gasteiger partial charge in [-0.3, -0.25) is 4.79 Å². The van der Waals surface area contributed by atoms with Crippen molar-refractivity contribution in [1.82, 2.24) is 5.32 Å². The normalized spacial score (nSPS) is 11.7. The molecule has 0 saturated carbocycles. The third-order valence-electron chi connectivity index (χ3n) is 5.01. The fourth-order valence-corrected chi connectivity index (χ4v) is 3.24. The Hall–Kier alpha value is -3.75. The molecule has 0 saturated heterocycles. The molecule has 3 aromatic carbocycles. The van der Waals surface area contributed by atoms with Gasteiger partial charge in [-0.1, -0.05) is 24.3 Å². The summed E-state index contributed by atoms with van der Waals surface area (Å²) in [6, 6.07) is 19.4. The smallest absolute Gasteiger partial charge is 0.252 e. The summed E-state index contributed by atoms with van der Waals surface area (Å²) in [5.41, 5.74) is 13.8. The quantitative estimate of drug-likeness (QED) is 0.266. The fraction of sp³-hybridized carbons (Fsp3) is 0.240. The molecule has 1 unspecified atom stereocenters. The van der Waals surface area contributed by atoms with E-state index in [1.807, 2.05) is 24.3 Å². The summed E-state index contributed by atoms with van der Waals surface area (Å²) in [7, 11) is 0. The largest absolute Gasteiger partial charge is 0.507 e. The number of nitrogens with two attached hydrogens (primary N) is 2. The van der Waals surface area contributed by atoms with Crippen molar-refractivity contribution in [3.8, 4) is 17.2 Å². The molecular formula is C25H29N3O5. The van der Waals surface area contributed by atoms with Crippen LogP contribution in [0.4, 0.5) is 5.69 Å². The standard InChI is InChI=1S/C25H29N3O5/c26-19-5-7-21(8-6-19)33-16-20(29)15-28-14-18-4-2-1-3-17(18)11-12-32-22-9-10-24(30)23(13-22)25(27)31/h1-10,13,20,28-30H,11-12,14-16,26H2,(H2,27,31). The van der Waals surface area contributed by atoms with E-state index < -0.39 is 12.0 Å². The third-order valence-corrected chi connectivity index (χ3v) is 5.01. The lowest BCUT2D eigenvalue weighted by Crippen LogP contribution is -2.31. The summed E-state index contributed by atoms with van der Waals surface area (Å²) in [6.45, 7) is 1.52. The molecule has 8 heteroatoms. The van der Waals surface area contributed by atoms with E-state index in [1.165, 1.54) is 12.1 Å². The van der Waals surface area contributed by atoms with Crippen LogP contribution in [0, 0.1) is 0 Å². The number of hydrogen-bond donors (Lipinski definition) is 5. The summed E-state index contributed by atoms with van der Waals surface area (Å²) < 4.78 is 11.3. The molecule has 0 bridgehead atoms. The van der Waals surface area contributed by atoms with Crippen LogP contribution in [0.25, 0.3) is 0 Å². The number of hydrogen-bond acceptors (Lipinski definition) is 7. The number of aliphatic hydroxyl groups excluding tert-OH is 1.